The average Bonchev–Trinajstić information content (AvgIpc) is 2.61. The van der Waals surface area contributed by atoms with Gasteiger partial charge >= 0.3 is 0 Å². The number of phenolic OH excluding ortho intramolecular Hbond substituents is 2. The van der Waals surface area contributed by atoms with E-state index in [4.69, 9.17) is 0 Å². The Morgan fingerprint density at radius 1 is 0.615 bits per heavy atom. The summed E-state index contributed by atoms with van der Waals surface area (Å²) in [6.07, 6.45) is 3.59. The van der Waals surface area contributed by atoms with Crippen LogP contribution in [0.1, 0.15) is 22.3 Å². The summed E-state index contributed by atoms with van der Waals surface area (Å²) in [5.41, 5.74) is 5.47. The van der Waals surface area contributed by atoms with Gasteiger partial charge in [-0.25, -0.2) is 0 Å². The van der Waals surface area contributed by atoms with E-state index in [9.17, 15) is 10.2 Å². The minimum absolute atomic E-state index is 0.244. The van der Waals surface area contributed by atoms with Crippen LogP contribution in [0.15, 0.2) is 70.6 Å². The highest BCUT2D eigenvalue weighted by Crippen LogP contribution is 2.23. The third-order valence-electron chi connectivity index (χ3n) is 4.00. The fraction of sp³-hybridized carbons (Fsp3) is 0.0909. The summed E-state index contributed by atoms with van der Waals surface area (Å²) in [7, 11) is 0. The quantitative estimate of drug-likeness (QED) is 0.638. The Hall–Kier alpha value is -3.40. The zero-order valence-electron chi connectivity index (χ0n) is 14.7. The molecule has 4 heteroatoms. The topological polar surface area (TPSA) is 65.2 Å². The monoisotopic (exact) mass is 344 g/mol. The van der Waals surface area contributed by atoms with Crippen molar-refractivity contribution in [1.82, 2.24) is 0 Å². The molecular formula is C22H20N2O2. The molecule has 26 heavy (non-hydrogen) atoms. The van der Waals surface area contributed by atoms with Crippen LogP contribution < -0.4 is 0 Å². The molecule has 2 N–H and O–H groups in total. The molecule has 0 unspecified atom stereocenters. The third kappa shape index (κ3) is 4.36. The molecule has 0 amide bonds. The molecule has 0 saturated heterocycles. The lowest BCUT2D eigenvalue weighted by atomic mass is 10.1. The molecule has 0 aliphatic heterocycles. The number of hydrogen-bond acceptors (Lipinski definition) is 4. The van der Waals surface area contributed by atoms with Gasteiger partial charge in [0.05, 0.1) is 11.4 Å². The summed E-state index contributed by atoms with van der Waals surface area (Å²) in [6, 6.07) is 18.1. The number of aliphatic imine (C=N–C) groups is 2. The molecule has 0 saturated carbocycles. The molecule has 130 valence electrons. The molecule has 0 aromatic heterocycles. The van der Waals surface area contributed by atoms with Crippen LogP contribution in [0.2, 0.25) is 0 Å². The van der Waals surface area contributed by atoms with Crippen molar-refractivity contribution in [2.75, 3.05) is 0 Å². The van der Waals surface area contributed by atoms with Crippen molar-refractivity contribution < 1.29 is 10.2 Å². The predicted molar refractivity (Wildman–Crippen MR) is 107 cm³/mol. The highest BCUT2D eigenvalue weighted by atomic mass is 16.3. The maximum atomic E-state index is 9.44. The average molecular weight is 344 g/mol. The summed E-state index contributed by atoms with van der Waals surface area (Å²) in [5.74, 6) is 0.489. The Bertz CT molecular complexity index is 893. The van der Waals surface area contributed by atoms with Crippen molar-refractivity contribution in [3.8, 4) is 11.5 Å². The van der Waals surface area contributed by atoms with Crippen molar-refractivity contribution in [3.63, 3.8) is 0 Å². The van der Waals surface area contributed by atoms with E-state index < -0.39 is 0 Å². The molecule has 0 spiro atoms. The van der Waals surface area contributed by atoms with Crippen molar-refractivity contribution in [3.05, 3.63) is 82.9 Å². The van der Waals surface area contributed by atoms with E-state index in [1.807, 2.05) is 38.1 Å². The molecular weight excluding hydrogens is 324 g/mol. The molecule has 0 heterocycles. The summed E-state index contributed by atoms with van der Waals surface area (Å²) >= 11 is 0. The minimum Gasteiger partial charge on any atom is -0.508 e. The van der Waals surface area contributed by atoms with E-state index in [0.717, 1.165) is 33.6 Å². The van der Waals surface area contributed by atoms with Gasteiger partial charge in [0.15, 0.2) is 0 Å². The molecule has 3 aromatic rings. The number of phenols is 2. The van der Waals surface area contributed by atoms with Crippen LogP contribution in [-0.4, -0.2) is 22.6 Å². The highest BCUT2D eigenvalue weighted by molar-refractivity contribution is 5.86. The summed E-state index contributed by atoms with van der Waals surface area (Å²) < 4.78 is 0. The number of nitrogens with zero attached hydrogens (tertiary/aromatic N) is 2. The van der Waals surface area contributed by atoms with Crippen LogP contribution in [0.5, 0.6) is 11.5 Å². The van der Waals surface area contributed by atoms with Crippen LogP contribution in [0.3, 0.4) is 0 Å². The lowest BCUT2D eigenvalue weighted by Crippen LogP contribution is -1.85. The molecule has 3 aromatic carbocycles. The van der Waals surface area contributed by atoms with E-state index in [0.29, 0.717) is 0 Å². The zero-order chi connectivity index (χ0) is 18.5. The first-order valence-corrected chi connectivity index (χ1v) is 8.29. The maximum absolute atomic E-state index is 9.44. The van der Waals surface area contributed by atoms with Crippen molar-refractivity contribution in [1.29, 1.82) is 0 Å². The Morgan fingerprint density at radius 2 is 1.00 bits per heavy atom. The van der Waals surface area contributed by atoms with E-state index in [-0.39, 0.29) is 11.5 Å². The Balaban J connectivity index is 1.72. The molecule has 0 aliphatic rings. The zero-order valence-corrected chi connectivity index (χ0v) is 14.7. The SMILES string of the molecule is Cc1cc(O)ccc1/N=C/c1ccc(/C=N/c2ccc(O)cc2C)cc1. The number of benzene rings is 3. The second kappa shape index (κ2) is 7.66. The van der Waals surface area contributed by atoms with Crippen LogP contribution in [0.25, 0.3) is 0 Å². The number of hydrogen-bond donors (Lipinski definition) is 2. The Kier molecular flexibility index (Phi) is 5.13. The number of aromatic hydroxyl groups is 2. The molecule has 0 radical (unpaired) electrons. The van der Waals surface area contributed by atoms with Gasteiger partial charge in [0.25, 0.3) is 0 Å². The Morgan fingerprint density at radius 3 is 1.35 bits per heavy atom. The number of aryl methyl sites for hydroxylation is 2. The fourth-order valence-electron chi connectivity index (χ4n) is 2.53. The van der Waals surface area contributed by atoms with Crippen molar-refractivity contribution in [2.24, 2.45) is 9.98 Å². The lowest BCUT2D eigenvalue weighted by Gasteiger charge is -2.01. The van der Waals surface area contributed by atoms with Gasteiger partial charge in [0.2, 0.25) is 0 Å². The number of rotatable bonds is 4. The molecule has 0 aliphatic carbocycles. The first kappa shape index (κ1) is 17.4. The van der Waals surface area contributed by atoms with Gasteiger partial charge in [-0.3, -0.25) is 9.98 Å². The fourth-order valence-corrected chi connectivity index (χ4v) is 2.53. The second-order valence-electron chi connectivity index (χ2n) is 6.12. The smallest absolute Gasteiger partial charge is 0.115 e. The first-order chi connectivity index (χ1) is 12.5. The predicted octanol–water partition coefficient (Wildman–Crippen LogP) is 5.22. The first-order valence-electron chi connectivity index (χ1n) is 8.29. The van der Waals surface area contributed by atoms with Gasteiger partial charge in [-0.2, -0.15) is 0 Å². The van der Waals surface area contributed by atoms with E-state index in [1.165, 1.54) is 0 Å². The highest BCUT2D eigenvalue weighted by Gasteiger charge is 1.98. The summed E-state index contributed by atoms with van der Waals surface area (Å²) in [4.78, 5) is 8.93. The van der Waals surface area contributed by atoms with Crippen LogP contribution in [0, 0.1) is 13.8 Å². The van der Waals surface area contributed by atoms with Crippen molar-refractivity contribution in [2.45, 2.75) is 13.8 Å². The van der Waals surface area contributed by atoms with Gasteiger partial charge in [-0.15, -0.1) is 0 Å². The summed E-state index contributed by atoms with van der Waals surface area (Å²) in [6.45, 7) is 3.83. The second-order valence-corrected chi connectivity index (χ2v) is 6.12. The third-order valence-corrected chi connectivity index (χ3v) is 4.00. The minimum atomic E-state index is 0.244. The molecule has 0 fully saturated rings. The molecule has 0 atom stereocenters. The normalized spacial score (nSPS) is 11.5. The van der Waals surface area contributed by atoms with Crippen LogP contribution in [0.4, 0.5) is 11.4 Å². The molecule has 4 nitrogen and oxygen atoms in total. The van der Waals surface area contributed by atoms with Gasteiger partial charge in [-0.05, 0) is 72.5 Å². The largest absolute Gasteiger partial charge is 0.508 e. The Labute approximate surface area is 152 Å². The van der Waals surface area contributed by atoms with Gasteiger partial charge in [0, 0.05) is 12.4 Å². The lowest BCUT2D eigenvalue weighted by molar-refractivity contribution is 0.474. The van der Waals surface area contributed by atoms with Gasteiger partial charge in [-0.1, -0.05) is 24.3 Å². The van der Waals surface area contributed by atoms with E-state index in [2.05, 4.69) is 9.98 Å². The van der Waals surface area contributed by atoms with E-state index in [1.54, 1.807) is 48.8 Å². The van der Waals surface area contributed by atoms with Gasteiger partial charge in [0.1, 0.15) is 11.5 Å². The van der Waals surface area contributed by atoms with Gasteiger partial charge < -0.3 is 10.2 Å². The molecule has 0 bridgehead atoms. The van der Waals surface area contributed by atoms with Crippen LogP contribution in [-0.2, 0) is 0 Å². The molecule has 3 rings (SSSR count). The van der Waals surface area contributed by atoms with Crippen LogP contribution >= 0.6 is 0 Å². The van der Waals surface area contributed by atoms with E-state index >= 15 is 0 Å². The van der Waals surface area contributed by atoms with Crippen molar-refractivity contribution >= 4 is 23.8 Å². The maximum Gasteiger partial charge on any atom is 0.115 e. The standard InChI is InChI=1S/C22H20N2O2/c1-15-11-19(25)7-9-21(15)23-13-17-3-5-18(6-4-17)14-24-22-10-8-20(26)12-16(22)2/h3-14,25-26H,1-2H3/b23-13+,24-14+. The summed E-state index contributed by atoms with van der Waals surface area (Å²) in [5, 5.41) is 18.9.